The maximum absolute atomic E-state index is 10.0. The Bertz CT molecular complexity index is 510. The fourth-order valence-corrected chi connectivity index (χ4v) is 2.03. The Kier molecular flexibility index (Phi) is 4.42. The predicted molar refractivity (Wildman–Crippen MR) is 71.6 cm³/mol. The fourth-order valence-electron chi connectivity index (χ4n) is 1.77. The van der Waals surface area contributed by atoms with Crippen LogP contribution in [0.3, 0.4) is 0 Å². The lowest BCUT2D eigenvalue weighted by Crippen LogP contribution is -2.21. The van der Waals surface area contributed by atoms with Crippen molar-refractivity contribution in [2.75, 3.05) is 6.54 Å². The second kappa shape index (κ2) is 6.05. The van der Waals surface area contributed by atoms with Crippen LogP contribution in [0.2, 0.25) is 5.02 Å². The van der Waals surface area contributed by atoms with Gasteiger partial charge < -0.3 is 14.8 Å². The first-order valence-corrected chi connectivity index (χ1v) is 6.23. The van der Waals surface area contributed by atoms with Crippen LogP contribution >= 0.6 is 11.6 Å². The minimum absolute atomic E-state index is 0.434. The highest BCUT2D eigenvalue weighted by atomic mass is 35.5. The van der Waals surface area contributed by atoms with Crippen LogP contribution in [0.15, 0.2) is 40.8 Å². The number of aryl methyl sites for hydroxylation is 1. The van der Waals surface area contributed by atoms with Gasteiger partial charge in [-0.3, -0.25) is 0 Å². The van der Waals surface area contributed by atoms with Gasteiger partial charge in [0.2, 0.25) is 0 Å². The summed E-state index contributed by atoms with van der Waals surface area (Å²) < 4.78 is 5.42. The Labute approximate surface area is 111 Å². The normalized spacial score (nSPS) is 12.6. The largest absolute Gasteiger partial charge is 0.465 e. The molecule has 3 nitrogen and oxygen atoms in total. The van der Waals surface area contributed by atoms with Crippen LogP contribution in [0.5, 0.6) is 0 Å². The molecule has 1 heterocycles. The number of halogens is 1. The summed E-state index contributed by atoms with van der Waals surface area (Å²) in [7, 11) is 0. The van der Waals surface area contributed by atoms with E-state index in [-0.39, 0.29) is 0 Å². The zero-order valence-electron chi connectivity index (χ0n) is 10.2. The van der Waals surface area contributed by atoms with Crippen LogP contribution in [0.4, 0.5) is 0 Å². The zero-order chi connectivity index (χ0) is 13.0. The van der Waals surface area contributed by atoms with E-state index in [4.69, 9.17) is 16.0 Å². The molecule has 0 saturated heterocycles. The number of furan rings is 1. The van der Waals surface area contributed by atoms with Gasteiger partial charge in [-0.1, -0.05) is 29.8 Å². The molecular weight excluding hydrogens is 250 g/mol. The van der Waals surface area contributed by atoms with E-state index >= 15 is 0 Å². The van der Waals surface area contributed by atoms with Crippen molar-refractivity contribution in [3.63, 3.8) is 0 Å². The van der Waals surface area contributed by atoms with Gasteiger partial charge in [-0.25, -0.2) is 0 Å². The van der Waals surface area contributed by atoms with Crippen LogP contribution in [0, 0.1) is 6.92 Å². The van der Waals surface area contributed by atoms with E-state index in [1.807, 2.05) is 37.3 Å². The van der Waals surface area contributed by atoms with Crippen molar-refractivity contribution in [3.05, 3.63) is 58.5 Å². The van der Waals surface area contributed by atoms with Gasteiger partial charge in [0.05, 0.1) is 12.6 Å². The molecular formula is C14H16ClNO2. The van der Waals surface area contributed by atoms with E-state index < -0.39 is 6.10 Å². The molecule has 0 radical (unpaired) electrons. The van der Waals surface area contributed by atoms with E-state index in [1.165, 1.54) is 0 Å². The molecule has 0 aliphatic heterocycles. The summed E-state index contributed by atoms with van der Waals surface area (Å²) in [6.45, 7) is 2.93. The summed E-state index contributed by atoms with van der Waals surface area (Å²) in [5, 5.41) is 13.7. The third-order valence-corrected chi connectivity index (χ3v) is 3.04. The van der Waals surface area contributed by atoms with Gasteiger partial charge in [0, 0.05) is 17.1 Å². The molecule has 18 heavy (non-hydrogen) atoms. The Morgan fingerprint density at radius 1 is 1.28 bits per heavy atom. The molecule has 2 rings (SSSR count). The molecule has 0 bridgehead atoms. The number of nitrogens with one attached hydrogen (secondary N) is 1. The molecule has 2 N–H and O–H groups in total. The molecule has 4 heteroatoms. The van der Waals surface area contributed by atoms with Gasteiger partial charge in [0.25, 0.3) is 0 Å². The predicted octanol–water partition coefficient (Wildman–Crippen LogP) is 3.06. The highest BCUT2D eigenvalue weighted by Crippen LogP contribution is 2.21. The average molecular weight is 266 g/mol. The molecule has 2 aromatic rings. The summed E-state index contributed by atoms with van der Waals surface area (Å²) in [6.07, 6.45) is -0.616. The van der Waals surface area contributed by atoms with Crippen LogP contribution in [-0.2, 0) is 6.54 Å². The first kappa shape index (κ1) is 13.1. The lowest BCUT2D eigenvalue weighted by molar-refractivity contribution is 0.173. The van der Waals surface area contributed by atoms with Gasteiger partial charge in [0.15, 0.2) is 0 Å². The molecule has 1 aromatic heterocycles. The first-order valence-electron chi connectivity index (χ1n) is 5.85. The van der Waals surface area contributed by atoms with E-state index in [2.05, 4.69) is 5.32 Å². The number of aliphatic hydroxyl groups is 1. The summed E-state index contributed by atoms with van der Waals surface area (Å²) in [5.74, 6) is 1.75. The van der Waals surface area contributed by atoms with Crippen molar-refractivity contribution >= 4 is 11.6 Å². The minimum Gasteiger partial charge on any atom is -0.465 e. The SMILES string of the molecule is Cc1ccc(CNCC(O)c2ccccc2Cl)o1. The standard InChI is InChI=1S/C14H16ClNO2/c1-10-6-7-11(18-10)8-16-9-14(17)12-4-2-3-5-13(12)15/h2-7,14,16-17H,8-9H2,1H3. The summed E-state index contributed by atoms with van der Waals surface area (Å²) >= 11 is 6.01. The van der Waals surface area contributed by atoms with Crippen molar-refractivity contribution in [1.82, 2.24) is 5.32 Å². The van der Waals surface area contributed by atoms with E-state index in [9.17, 15) is 5.11 Å². The van der Waals surface area contributed by atoms with Gasteiger partial charge in [-0.05, 0) is 25.1 Å². The van der Waals surface area contributed by atoms with E-state index in [0.717, 1.165) is 17.1 Å². The van der Waals surface area contributed by atoms with Crippen molar-refractivity contribution in [2.45, 2.75) is 19.6 Å². The zero-order valence-corrected chi connectivity index (χ0v) is 10.9. The number of hydrogen-bond donors (Lipinski definition) is 2. The number of benzene rings is 1. The van der Waals surface area contributed by atoms with Gasteiger partial charge in [0.1, 0.15) is 11.5 Å². The molecule has 0 saturated carbocycles. The number of hydrogen-bond acceptors (Lipinski definition) is 3. The van der Waals surface area contributed by atoms with Crippen molar-refractivity contribution in [2.24, 2.45) is 0 Å². The highest BCUT2D eigenvalue weighted by molar-refractivity contribution is 6.31. The second-order valence-electron chi connectivity index (χ2n) is 4.18. The molecule has 0 aliphatic carbocycles. The molecule has 0 fully saturated rings. The Morgan fingerprint density at radius 2 is 2.06 bits per heavy atom. The van der Waals surface area contributed by atoms with Crippen LogP contribution < -0.4 is 5.32 Å². The van der Waals surface area contributed by atoms with E-state index in [0.29, 0.717) is 18.1 Å². The summed E-state index contributed by atoms with van der Waals surface area (Å²) in [5.41, 5.74) is 0.738. The molecule has 1 atom stereocenters. The number of aliphatic hydroxyl groups excluding tert-OH is 1. The highest BCUT2D eigenvalue weighted by Gasteiger charge is 2.10. The summed E-state index contributed by atoms with van der Waals surface area (Å²) in [4.78, 5) is 0. The van der Waals surface area contributed by atoms with Gasteiger partial charge in [-0.15, -0.1) is 0 Å². The third kappa shape index (κ3) is 3.35. The Balaban J connectivity index is 1.85. The Hall–Kier alpha value is -1.29. The smallest absolute Gasteiger partial charge is 0.117 e. The molecule has 1 aromatic carbocycles. The lowest BCUT2D eigenvalue weighted by atomic mass is 10.1. The molecule has 1 unspecified atom stereocenters. The van der Waals surface area contributed by atoms with Crippen molar-refractivity contribution in [3.8, 4) is 0 Å². The van der Waals surface area contributed by atoms with Crippen molar-refractivity contribution in [1.29, 1.82) is 0 Å². The van der Waals surface area contributed by atoms with Crippen LogP contribution in [0.1, 0.15) is 23.2 Å². The van der Waals surface area contributed by atoms with E-state index in [1.54, 1.807) is 6.07 Å². The van der Waals surface area contributed by atoms with Gasteiger partial charge >= 0.3 is 0 Å². The van der Waals surface area contributed by atoms with Crippen LogP contribution in [0.25, 0.3) is 0 Å². The quantitative estimate of drug-likeness (QED) is 0.873. The lowest BCUT2D eigenvalue weighted by Gasteiger charge is -2.12. The monoisotopic (exact) mass is 265 g/mol. The average Bonchev–Trinajstić information content (AvgIpc) is 2.75. The van der Waals surface area contributed by atoms with Crippen LogP contribution in [-0.4, -0.2) is 11.7 Å². The van der Waals surface area contributed by atoms with Gasteiger partial charge in [-0.2, -0.15) is 0 Å². The minimum atomic E-state index is -0.616. The Morgan fingerprint density at radius 3 is 2.72 bits per heavy atom. The maximum atomic E-state index is 10.0. The molecule has 0 amide bonds. The fraction of sp³-hybridized carbons (Fsp3) is 0.286. The summed E-state index contributed by atoms with van der Waals surface area (Å²) in [6, 6.07) is 11.1. The van der Waals surface area contributed by atoms with Crippen molar-refractivity contribution < 1.29 is 9.52 Å². The third-order valence-electron chi connectivity index (χ3n) is 2.70. The first-order chi connectivity index (χ1) is 8.66. The number of rotatable bonds is 5. The maximum Gasteiger partial charge on any atom is 0.117 e. The molecule has 96 valence electrons. The second-order valence-corrected chi connectivity index (χ2v) is 4.59. The molecule has 0 aliphatic rings. The molecule has 0 spiro atoms. The topological polar surface area (TPSA) is 45.4 Å².